The fourth-order valence-electron chi connectivity index (χ4n) is 1.95. The van der Waals surface area contributed by atoms with Gasteiger partial charge in [-0.15, -0.1) is 11.8 Å². The molecule has 0 amide bonds. The summed E-state index contributed by atoms with van der Waals surface area (Å²) in [6, 6.07) is 3.73. The summed E-state index contributed by atoms with van der Waals surface area (Å²) in [5.74, 6) is -0.0218. The first-order valence-electron chi connectivity index (χ1n) is 6.59. The van der Waals surface area contributed by atoms with Gasteiger partial charge in [-0.1, -0.05) is 11.6 Å². The second-order valence-corrected chi connectivity index (χ2v) is 6.67. The first kappa shape index (κ1) is 17.3. The van der Waals surface area contributed by atoms with Crippen LogP contribution < -0.4 is 5.32 Å². The summed E-state index contributed by atoms with van der Waals surface area (Å²) < 4.78 is 0. The number of nitrogens with zero attached hydrogens (tertiary/aromatic N) is 1. The standard InChI is InChI=1S/C14H21ClN2O2S/c1-10(2)17-14(3,13(18)19)7-5-9-20-12-11(15)6-4-8-16-12/h4,6,8,10,17H,5,7,9H2,1-3H3,(H,18,19). The number of aliphatic carboxylic acids is 1. The van der Waals surface area contributed by atoms with Crippen molar-refractivity contribution in [1.29, 1.82) is 0 Å². The van der Waals surface area contributed by atoms with Crippen molar-refractivity contribution in [2.24, 2.45) is 0 Å². The van der Waals surface area contributed by atoms with E-state index in [4.69, 9.17) is 11.6 Å². The van der Waals surface area contributed by atoms with E-state index < -0.39 is 11.5 Å². The molecule has 0 saturated heterocycles. The molecule has 1 unspecified atom stereocenters. The van der Waals surface area contributed by atoms with E-state index >= 15 is 0 Å². The maximum Gasteiger partial charge on any atom is 0.323 e. The third-order valence-corrected chi connectivity index (χ3v) is 4.37. The number of pyridine rings is 1. The zero-order valence-corrected chi connectivity index (χ0v) is 13.6. The molecule has 0 spiro atoms. The number of carbonyl (C=O) groups is 1. The molecule has 112 valence electrons. The van der Waals surface area contributed by atoms with Gasteiger partial charge in [-0.25, -0.2) is 4.98 Å². The number of carboxylic acids is 1. The Morgan fingerprint density at radius 1 is 1.60 bits per heavy atom. The number of hydrogen-bond donors (Lipinski definition) is 2. The molecule has 0 radical (unpaired) electrons. The number of halogens is 1. The van der Waals surface area contributed by atoms with E-state index in [2.05, 4.69) is 10.3 Å². The number of carboxylic acid groups (broad SMARTS) is 1. The van der Waals surface area contributed by atoms with Gasteiger partial charge in [0.15, 0.2) is 0 Å². The highest BCUT2D eigenvalue weighted by Crippen LogP contribution is 2.26. The maximum atomic E-state index is 11.4. The van der Waals surface area contributed by atoms with Gasteiger partial charge in [-0.3, -0.25) is 10.1 Å². The first-order chi connectivity index (χ1) is 9.35. The quantitative estimate of drug-likeness (QED) is 0.568. The van der Waals surface area contributed by atoms with Gasteiger partial charge >= 0.3 is 5.97 Å². The van der Waals surface area contributed by atoms with E-state index in [9.17, 15) is 9.90 Å². The van der Waals surface area contributed by atoms with E-state index in [1.165, 1.54) is 0 Å². The number of aromatic nitrogens is 1. The highest BCUT2D eigenvalue weighted by Gasteiger charge is 2.32. The van der Waals surface area contributed by atoms with Gasteiger partial charge in [-0.05, 0) is 51.5 Å². The maximum absolute atomic E-state index is 11.4. The van der Waals surface area contributed by atoms with Crippen LogP contribution in [0.5, 0.6) is 0 Å². The molecule has 0 aliphatic carbocycles. The third-order valence-electron chi connectivity index (χ3n) is 2.86. The smallest absolute Gasteiger partial charge is 0.323 e. The summed E-state index contributed by atoms with van der Waals surface area (Å²) in [4.78, 5) is 15.6. The van der Waals surface area contributed by atoms with Crippen LogP contribution >= 0.6 is 23.4 Å². The molecule has 0 aromatic carbocycles. The van der Waals surface area contributed by atoms with Gasteiger partial charge in [0.25, 0.3) is 0 Å². The van der Waals surface area contributed by atoms with E-state index in [-0.39, 0.29) is 6.04 Å². The molecule has 0 aliphatic heterocycles. The Labute approximate surface area is 129 Å². The summed E-state index contributed by atoms with van der Waals surface area (Å²) in [6.07, 6.45) is 3.05. The number of rotatable bonds is 8. The molecular formula is C14H21ClN2O2S. The van der Waals surface area contributed by atoms with Crippen molar-refractivity contribution in [2.75, 3.05) is 5.75 Å². The van der Waals surface area contributed by atoms with Crippen LogP contribution in [0.3, 0.4) is 0 Å². The Hall–Kier alpha value is -0.780. The number of hydrogen-bond acceptors (Lipinski definition) is 4. The largest absolute Gasteiger partial charge is 0.480 e. The van der Waals surface area contributed by atoms with E-state index in [1.54, 1.807) is 37.0 Å². The van der Waals surface area contributed by atoms with E-state index in [0.29, 0.717) is 11.4 Å². The van der Waals surface area contributed by atoms with Crippen LogP contribution in [0.15, 0.2) is 23.4 Å². The molecule has 1 aromatic rings. The lowest BCUT2D eigenvalue weighted by Crippen LogP contribution is -2.52. The Balaban J connectivity index is 2.46. The highest BCUT2D eigenvalue weighted by atomic mass is 35.5. The molecule has 1 rings (SSSR count). The van der Waals surface area contributed by atoms with Gasteiger partial charge in [0.2, 0.25) is 0 Å². The van der Waals surface area contributed by atoms with Crippen molar-refractivity contribution >= 4 is 29.3 Å². The van der Waals surface area contributed by atoms with E-state index in [0.717, 1.165) is 17.2 Å². The van der Waals surface area contributed by atoms with Gasteiger partial charge in [0, 0.05) is 12.2 Å². The summed E-state index contributed by atoms with van der Waals surface area (Å²) >= 11 is 7.58. The van der Waals surface area contributed by atoms with E-state index in [1.807, 2.05) is 13.8 Å². The minimum atomic E-state index is -0.886. The van der Waals surface area contributed by atoms with Crippen LogP contribution in [-0.2, 0) is 4.79 Å². The SMILES string of the molecule is CC(C)NC(C)(CCCSc1ncccc1Cl)C(=O)O. The second kappa shape index (κ2) is 7.86. The van der Waals surface area contributed by atoms with Crippen LogP contribution in [0.2, 0.25) is 5.02 Å². The lowest BCUT2D eigenvalue weighted by molar-refractivity contribution is -0.144. The molecule has 4 nitrogen and oxygen atoms in total. The molecule has 20 heavy (non-hydrogen) atoms. The molecule has 6 heteroatoms. The molecule has 1 aromatic heterocycles. The molecule has 1 atom stereocenters. The van der Waals surface area contributed by atoms with Crippen molar-refractivity contribution in [2.45, 2.75) is 50.2 Å². The Bertz CT molecular complexity index is 457. The van der Waals surface area contributed by atoms with Crippen molar-refractivity contribution in [1.82, 2.24) is 10.3 Å². The second-order valence-electron chi connectivity index (χ2n) is 5.18. The minimum Gasteiger partial charge on any atom is -0.480 e. The van der Waals surface area contributed by atoms with Crippen LogP contribution in [0.1, 0.15) is 33.6 Å². The molecule has 2 N–H and O–H groups in total. The van der Waals surface area contributed by atoms with Gasteiger partial charge < -0.3 is 5.11 Å². The van der Waals surface area contributed by atoms with Crippen molar-refractivity contribution in [3.63, 3.8) is 0 Å². The predicted molar refractivity (Wildman–Crippen MR) is 83.5 cm³/mol. The van der Waals surface area contributed by atoms with Crippen LogP contribution in [-0.4, -0.2) is 33.4 Å². The molecular weight excluding hydrogens is 296 g/mol. The normalized spacial score (nSPS) is 14.2. The molecule has 0 saturated carbocycles. The van der Waals surface area contributed by atoms with Gasteiger partial charge in [0.05, 0.1) is 5.02 Å². The minimum absolute atomic E-state index is 0.133. The fourth-order valence-corrected chi connectivity index (χ4v) is 3.06. The summed E-state index contributed by atoms with van der Waals surface area (Å²) in [5, 5.41) is 13.9. The molecule has 1 heterocycles. The lowest BCUT2D eigenvalue weighted by atomic mass is 9.95. The van der Waals surface area contributed by atoms with Gasteiger partial charge in [0.1, 0.15) is 10.6 Å². The summed E-state index contributed by atoms with van der Waals surface area (Å²) in [6.45, 7) is 5.63. The Morgan fingerprint density at radius 3 is 2.85 bits per heavy atom. The average molecular weight is 317 g/mol. The Morgan fingerprint density at radius 2 is 2.30 bits per heavy atom. The van der Waals surface area contributed by atoms with Gasteiger partial charge in [-0.2, -0.15) is 0 Å². The van der Waals surface area contributed by atoms with Crippen LogP contribution in [0.4, 0.5) is 0 Å². The third kappa shape index (κ3) is 5.31. The topological polar surface area (TPSA) is 62.2 Å². The molecule has 0 aliphatic rings. The monoisotopic (exact) mass is 316 g/mol. The van der Waals surface area contributed by atoms with Crippen molar-refractivity contribution in [3.8, 4) is 0 Å². The van der Waals surface area contributed by atoms with Crippen LogP contribution in [0, 0.1) is 0 Å². The fraction of sp³-hybridized carbons (Fsp3) is 0.571. The first-order valence-corrected chi connectivity index (χ1v) is 7.96. The Kier molecular flexibility index (Phi) is 6.79. The van der Waals surface area contributed by atoms with Crippen molar-refractivity contribution < 1.29 is 9.90 Å². The summed E-state index contributed by atoms with van der Waals surface area (Å²) in [5.41, 5.74) is -0.886. The predicted octanol–water partition coefficient (Wildman–Crippen LogP) is 3.45. The number of thioether (sulfide) groups is 1. The lowest BCUT2D eigenvalue weighted by Gasteiger charge is -2.28. The zero-order valence-electron chi connectivity index (χ0n) is 12.0. The molecule has 0 bridgehead atoms. The summed E-state index contributed by atoms with van der Waals surface area (Å²) in [7, 11) is 0. The zero-order chi connectivity index (χ0) is 15.2. The van der Waals surface area contributed by atoms with Crippen LogP contribution in [0.25, 0.3) is 0 Å². The average Bonchev–Trinajstić information content (AvgIpc) is 2.35. The molecule has 0 fully saturated rings. The van der Waals surface area contributed by atoms with Crippen molar-refractivity contribution in [3.05, 3.63) is 23.4 Å². The highest BCUT2D eigenvalue weighted by molar-refractivity contribution is 7.99. The number of nitrogens with one attached hydrogen (secondary N) is 1.